The van der Waals surface area contributed by atoms with E-state index in [1.165, 1.54) is 0 Å². The van der Waals surface area contributed by atoms with Gasteiger partial charge in [0.2, 0.25) is 0 Å². The maximum atomic E-state index is 9.60. The number of pyridine rings is 1. The Morgan fingerprint density at radius 3 is 2.56 bits per heavy atom. The van der Waals surface area contributed by atoms with Crippen LogP contribution in [-0.2, 0) is 7.05 Å². The van der Waals surface area contributed by atoms with Gasteiger partial charge in [-0.3, -0.25) is 4.98 Å². The summed E-state index contributed by atoms with van der Waals surface area (Å²) >= 11 is 5.63. The van der Waals surface area contributed by atoms with Crippen molar-refractivity contribution in [2.75, 3.05) is 4.90 Å². The first-order valence-corrected chi connectivity index (χ1v) is 8.46. The normalized spacial score (nSPS) is 19.9. The number of aryl methyl sites for hydroxylation is 1. The molecule has 1 aliphatic rings. The molecule has 2 N–H and O–H groups in total. The van der Waals surface area contributed by atoms with Crippen molar-refractivity contribution in [2.24, 2.45) is 7.05 Å². The summed E-state index contributed by atoms with van der Waals surface area (Å²) in [6.45, 7) is 0. The van der Waals surface area contributed by atoms with Gasteiger partial charge in [0.15, 0.2) is 5.11 Å². The van der Waals surface area contributed by atoms with Gasteiger partial charge >= 0.3 is 0 Å². The smallest absolute Gasteiger partial charge is 0.174 e. The highest BCUT2D eigenvalue weighted by molar-refractivity contribution is 7.80. The SMILES string of the molecule is Cn1ccc([C@H]2[C@H](c3ccccn3)NC(=S)N2c2ccc(O)cc2)c1. The van der Waals surface area contributed by atoms with E-state index in [0.29, 0.717) is 5.11 Å². The van der Waals surface area contributed by atoms with Crippen LogP contribution in [0.15, 0.2) is 67.1 Å². The molecule has 0 bridgehead atoms. The van der Waals surface area contributed by atoms with Gasteiger partial charge in [0, 0.05) is 31.3 Å². The number of benzene rings is 1. The maximum Gasteiger partial charge on any atom is 0.174 e. The third-order valence-corrected chi connectivity index (χ3v) is 4.74. The quantitative estimate of drug-likeness (QED) is 0.710. The van der Waals surface area contributed by atoms with Crippen molar-refractivity contribution < 1.29 is 5.11 Å². The average Bonchev–Trinajstić information content (AvgIpc) is 3.20. The summed E-state index contributed by atoms with van der Waals surface area (Å²) < 4.78 is 2.03. The second kappa shape index (κ2) is 6.22. The van der Waals surface area contributed by atoms with Crippen molar-refractivity contribution in [2.45, 2.75) is 12.1 Å². The van der Waals surface area contributed by atoms with E-state index in [1.807, 2.05) is 48.1 Å². The van der Waals surface area contributed by atoms with Crippen LogP contribution in [-0.4, -0.2) is 19.8 Å². The first kappa shape index (κ1) is 15.7. The number of hydrogen-bond donors (Lipinski definition) is 2. The number of phenols is 1. The van der Waals surface area contributed by atoms with Crippen molar-refractivity contribution in [3.8, 4) is 5.75 Å². The highest BCUT2D eigenvalue weighted by Gasteiger charge is 2.40. The molecule has 3 aromatic rings. The molecule has 0 unspecified atom stereocenters. The second-order valence-electron chi connectivity index (χ2n) is 6.12. The third-order valence-electron chi connectivity index (χ3n) is 4.42. The molecule has 1 aromatic carbocycles. The van der Waals surface area contributed by atoms with Crippen LogP contribution in [0, 0.1) is 0 Å². The van der Waals surface area contributed by atoms with Crippen LogP contribution in [0.3, 0.4) is 0 Å². The van der Waals surface area contributed by atoms with Crippen molar-refractivity contribution in [1.29, 1.82) is 0 Å². The standard InChI is InChI=1S/C19H18N4OS/c1-22-11-9-13(12-22)18-17(16-4-2-3-10-20-16)21-19(25)23(18)14-5-7-15(24)8-6-14/h2-12,17-18,24H,1H3,(H,21,25)/t17-,18-/m0/s1. The molecule has 4 rings (SSSR count). The van der Waals surface area contributed by atoms with Crippen LogP contribution in [0.4, 0.5) is 5.69 Å². The summed E-state index contributed by atoms with van der Waals surface area (Å²) in [5, 5.41) is 13.7. The fourth-order valence-corrected chi connectivity index (χ4v) is 3.63. The number of aromatic hydroxyl groups is 1. The topological polar surface area (TPSA) is 53.3 Å². The van der Waals surface area contributed by atoms with E-state index in [4.69, 9.17) is 12.2 Å². The molecule has 1 aliphatic heterocycles. The molecular formula is C19H18N4OS. The Labute approximate surface area is 151 Å². The molecule has 0 amide bonds. The van der Waals surface area contributed by atoms with Gasteiger partial charge < -0.3 is 19.9 Å². The molecule has 126 valence electrons. The van der Waals surface area contributed by atoms with E-state index in [9.17, 15) is 5.11 Å². The van der Waals surface area contributed by atoms with Crippen LogP contribution in [0.25, 0.3) is 0 Å². The van der Waals surface area contributed by atoms with Crippen LogP contribution in [0.1, 0.15) is 23.3 Å². The summed E-state index contributed by atoms with van der Waals surface area (Å²) in [4.78, 5) is 6.61. The zero-order valence-electron chi connectivity index (χ0n) is 13.7. The van der Waals surface area contributed by atoms with Crippen LogP contribution < -0.4 is 10.2 Å². The monoisotopic (exact) mass is 350 g/mol. The lowest BCUT2D eigenvalue weighted by molar-refractivity contribution is 0.475. The lowest BCUT2D eigenvalue weighted by atomic mass is 9.98. The van der Waals surface area contributed by atoms with Crippen LogP contribution in [0.5, 0.6) is 5.75 Å². The summed E-state index contributed by atoms with van der Waals surface area (Å²) in [7, 11) is 2.00. The summed E-state index contributed by atoms with van der Waals surface area (Å²) in [6, 6.07) is 15.0. The average molecular weight is 350 g/mol. The highest BCUT2D eigenvalue weighted by atomic mass is 32.1. The number of aromatic nitrogens is 2. The van der Waals surface area contributed by atoms with Crippen molar-refractivity contribution >= 4 is 23.0 Å². The Morgan fingerprint density at radius 1 is 1.12 bits per heavy atom. The van der Waals surface area contributed by atoms with E-state index in [2.05, 4.69) is 27.5 Å². The number of anilines is 1. The largest absolute Gasteiger partial charge is 0.508 e. The number of thiocarbonyl (C=S) groups is 1. The van der Waals surface area contributed by atoms with E-state index >= 15 is 0 Å². The molecule has 2 atom stereocenters. The molecule has 0 spiro atoms. The number of nitrogens with zero attached hydrogens (tertiary/aromatic N) is 3. The first-order valence-electron chi connectivity index (χ1n) is 8.05. The molecule has 0 radical (unpaired) electrons. The van der Waals surface area contributed by atoms with Gasteiger partial charge in [-0.1, -0.05) is 6.07 Å². The molecule has 25 heavy (non-hydrogen) atoms. The van der Waals surface area contributed by atoms with E-state index in [1.54, 1.807) is 18.3 Å². The van der Waals surface area contributed by atoms with Crippen molar-refractivity contribution in [1.82, 2.24) is 14.9 Å². The number of hydrogen-bond acceptors (Lipinski definition) is 3. The Morgan fingerprint density at radius 2 is 1.92 bits per heavy atom. The maximum absolute atomic E-state index is 9.60. The van der Waals surface area contributed by atoms with Crippen LogP contribution >= 0.6 is 12.2 Å². The first-order chi connectivity index (χ1) is 12.1. The van der Waals surface area contributed by atoms with Gasteiger partial charge in [0.1, 0.15) is 5.75 Å². The van der Waals surface area contributed by atoms with Gasteiger partial charge in [-0.15, -0.1) is 0 Å². The molecular weight excluding hydrogens is 332 g/mol. The number of phenolic OH excluding ortho intramolecular Hbond substituents is 1. The molecule has 6 heteroatoms. The summed E-state index contributed by atoms with van der Waals surface area (Å²) in [5.41, 5.74) is 3.03. The molecule has 2 aromatic heterocycles. The predicted molar refractivity (Wildman–Crippen MR) is 101 cm³/mol. The fourth-order valence-electron chi connectivity index (χ4n) is 3.28. The predicted octanol–water partition coefficient (Wildman–Crippen LogP) is 3.30. The van der Waals surface area contributed by atoms with Gasteiger partial charge in [-0.05, 0) is 60.2 Å². The Bertz CT molecular complexity index is 891. The van der Waals surface area contributed by atoms with Crippen LogP contribution in [0.2, 0.25) is 0 Å². The Balaban J connectivity index is 1.81. The Hall–Kier alpha value is -2.86. The van der Waals surface area contributed by atoms with Gasteiger partial charge in [-0.2, -0.15) is 0 Å². The lowest BCUT2D eigenvalue weighted by Gasteiger charge is -2.27. The Kier molecular flexibility index (Phi) is 3.89. The molecule has 0 aliphatic carbocycles. The summed E-state index contributed by atoms with van der Waals surface area (Å²) in [5.74, 6) is 0.236. The van der Waals surface area contributed by atoms with E-state index in [0.717, 1.165) is 16.9 Å². The third kappa shape index (κ3) is 2.85. The van der Waals surface area contributed by atoms with Gasteiger partial charge in [0.05, 0.1) is 17.8 Å². The van der Waals surface area contributed by atoms with Crippen molar-refractivity contribution in [3.05, 3.63) is 78.4 Å². The molecule has 1 saturated heterocycles. The van der Waals surface area contributed by atoms with Crippen molar-refractivity contribution in [3.63, 3.8) is 0 Å². The molecule has 1 fully saturated rings. The minimum atomic E-state index is -0.0510. The zero-order valence-corrected chi connectivity index (χ0v) is 14.5. The highest BCUT2D eigenvalue weighted by Crippen LogP contribution is 2.41. The molecule has 3 heterocycles. The minimum absolute atomic E-state index is 0.0202. The number of rotatable bonds is 3. The molecule has 0 saturated carbocycles. The lowest BCUT2D eigenvalue weighted by Crippen LogP contribution is -2.29. The van der Waals surface area contributed by atoms with E-state index < -0.39 is 0 Å². The van der Waals surface area contributed by atoms with Gasteiger partial charge in [-0.25, -0.2) is 0 Å². The zero-order chi connectivity index (χ0) is 17.4. The summed E-state index contributed by atoms with van der Waals surface area (Å²) in [6.07, 6.45) is 5.93. The second-order valence-corrected chi connectivity index (χ2v) is 6.51. The number of nitrogens with one attached hydrogen (secondary N) is 1. The minimum Gasteiger partial charge on any atom is -0.508 e. The van der Waals surface area contributed by atoms with E-state index in [-0.39, 0.29) is 17.8 Å². The molecule has 5 nitrogen and oxygen atoms in total. The fraction of sp³-hybridized carbons (Fsp3) is 0.158. The van der Waals surface area contributed by atoms with Gasteiger partial charge in [0.25, 0.3) is 0 Å².